The first-order valence-corrected chi connectivity index (χ1v) is 5.99. The Morgan fingerprint density at radius 3 is 3.00 bits per heavy atom. The number of nitrogens with two attached hydrogens (primary N) is 1. The molecule has 0 aromatic rings. The van der Waals surface area contributed by atoms with Crippen molar-refractivity contribution in [3.8, 4) is 0 Å². The minimum atomic E-state index is 0.394. The van der Waals surface area contributed by atoms with E-state index in [0.29, 0.717) is 12.1 Å². The maximum Gasteiger partial charge on any atom is 0.0573 e. The highest BCUT2D eigenvalue weighted by Gasteiger charge is 2.20. The number of hydrogen-bond donors (Lipinski definition) is 2. The van der Waals surface area contributed by atoms with Crippen molar-refractivity contribution < 1.29 is 0 Å². The van der Waals surface area contributed by atoms with Crippen LogP contribution in [0.4, 0.5) is 0 Å². The van der Waals surface area contributed by atoms with Crippen LogP contribution in [-0.4, -0.2) is 30.9 Å². The molecular weight excluding hydrogens is 198 g/mol. The number of aliphatic imine (C=N–C) groups is 1. The standard InChI is InChI=1S/C13H23N3/c1-3-4-5-8-15-11(2)10-16-13-7-6-12(14)9-13/h3-5,12-13,16H,1,6-10,14H2,2H3/b5-4-,15-11+. The van der Waals surface area contributed by atoms with E-state index in [0.717, 1.165) is 31.6 Å². The van der Waals surface area contributed by atoms with Crippen molar-refractivity contribution in [2.75, 3.05) is 13.1 Å². The van der Waals surface area contributed by atoms with E-state index in [9.17, 15) is 0 Å². The van der Waals surface area contributed by atoms with Crippen LogP contribution in [0.25, 0.3) is 0 Å². The molecule has 1 fully saturated rings. The molecule has 0 amide bonds. The molecule has 2 unspecified atom stereocenters. The Morgan fingerprint density at radius 1 is 1.56 bits per heavy atom. The van der Waals surface area contributed by atoms with Crippen LogP contribution in [0.1, 0.15) is 26.2 Å². The fraction of sp³-hybridized carbons (Fsp3) is 0.615. The van der Waals surface area contributed by atoms with Crippen molar-refractivity contribution in [1.82, 2.24) is 5.32 Å². The van der Waals surface area contributed by atoms with E-state index in [4.69, 9.17) is 5.73 Å². The third-order valence-electron chi connectivity index (χ3n) is 2.86. The van der Waals surface area contributed by atoms with E-state index in [1.165, 1.54) is 6.42 Å². The summed E-state index contributed by atoms with van der Waals surface area (Å²) >= 11 is 0. The normalized spacial score (nSPS) is 26.5. The first-order valence-electron chi connectivity index (χ1n) is 5.99. The first kappa shape index (κ1) is 13.1. The molecule has 0 aliphatic heterocycles. The Morgan fingerprint density at radius 2 is 2.38 bits per heavy atom. The summed E-state index contributed by atoms with van der Waals surface area (Å²) in [6, 6.07) is 0.981. The van der Waals surface area contributed by atoms with Gasteiger partial charge in [-0.05, 0) is 26.2 Å². The van der Waals surface area contributed by atoms with E-state index in [2.05, 4.69) is 23.8 Å². The molecule has 0 aromatic heterocycles. The first-order chi connectivity index (χ1) is 7.72. The van der Waals surface area contributed by atoms with Gasteiger partial charge in [-0.2, -0.15) is 0 Å². The fourth-order valence-corrected chi connectivity index (χ4v) is 1.92. The van der Waals surface area contributed by atoms with Gasteiger partial charge in [0, 0.05) is 24.3 Å². The predicted octanol–water partition coefficient (Wildman–Crippen LogP) is 1.66. The lowest BCUT2D eigenvalue weighted by Crippen LogP contribution is -2.32. The Balaban J connectivity index is 2.16. The minimum Gasteiger partial charge on any atom is -0.328 e. The van der Waals surface area contributed by atoms with Gasteiger partial charge in [0.2, 0.25) is 0 Å². The van der Waals surface area contributed by atoms with E-state index >= 15 is 0 Å². The highest BCUT2D eigenvalue weighted by atomic mass is 14.9. The summed E-state index contributed by atoms with van der Waals surface area (Å²) in [5, 5.41) is 3.50. The highest BCUT2D eigenvalue weighted by Crippen LogP contribution is 2.16. The van der Waals surface area contributed by atoms with E-state index < -0.39 is 0 Å². The predicted molar refractivity (Wildman–Crippen MR) is 70.9 cm³/mol. The van der Waals surface area contributed by atoms with Crippen LogP contribution in [0, 0.1) is 0 Å². The van der Waals surface area contributed by atoms with Gasteiger partial charge in [0.1, 0.15) is 0 Å². The molecular formula is C13H23N3. The van der Waals surface area contributed by atoms with Gasteiger partial charge in [0.15, 0.2) is 0 Å². The van der Waals surface area contributed by atoms with Gasteiger partial charge in [0.25, 0.3) is 0 Å². The third kappa shape index (κ3) is 5.24. The molecule has 0 aromatic carbocycles. The number of nitrogens with one attached hydrogen (secondary N) is 1. The SMILES string of the molecule is C=C/C=C\C/N=C(\C)CNC1CCC(N)C1. The van der Waals surface area contributed by atoms with E-state index in [-0.39, 0.29) is 0 Å². The van der Waals surface area contributed by atoms with E-state index in [1.54, 1.807) is 6.08 Å². The summed E-state index contributed by atoms with van der Waals surface area (Å²) in [7, 11) is 0. The van der Waals surface area contributed by atoms with Gasteiger partial charge >= 0.3 is 0 Å². The van der Waals surface area contributed by atoms with Crippen molar-refractivity contribution in [2.24, 2.45) is 10.7 Å². The number of rotatable bonds is 6. The molecule has 0 spiro atoms. The lowest BCUT2D eigenvalue weighted by molar-refractivity contribution is 0.553. The van der Waals surface area contributed by atoms with Crippen LogP contribution in [0.2, 0.25) is 0 Å². The molecule has 2 atom stereocenters. The van der Waals surface area contributed by atoms with Crippen molar-refractivity contribution in [2.45, 2.75) is 38.3 Å². The van der Waals surface area contributed by atoms with Gasteiger partial charge < -0.3 is 11.1 Å². The molecule has 0 heterocycles. The second kappa shape index (κ2) is 7.36. The second-order valence-corrected chi connectivity index (χ2v) is 4.39. The Kier molecular flexibility index (Phi) is 6.04. The molecule has 1 rings (SSSR count). The summed E-state index contributed by atoms with van der Waals surface area (Å²) in [4.78, 5) is 4.43. The van der Waals surface area contributed by atoms with Crippen molar-refractivity contribution in [3.05, 3.63) is 24.8 Å². The Hall–Kier alpha value is -0.930. The van der Waals surface area contributed by atoms with Gasteiger partial charge in [-0.15, -0.1) is 0 Å². The molecule has 0 radical (unpaired) electrons. The smallest absolute Gasteiger partial charge is 0.0573 e. The van der Waals surface area contributed by atoms with Gasteiger partial charge in [0.05, 0.1) is 6.54 Å². The summed E-state index contributed by atoms with van der Waals surface area (Å²) in [6.07, 6.45) is 9.13. The maximum absolute atomic E-state index is 5.86. The Bertz CT molecular complexity index is 268. The van der Waals surface area contributed by atoms with Crippen molar-refractivity contribution >= 4 is 5.71 Å². The molecule has 16 heavy (non-hydrogen) atoms. The topological polar surface area (TPSA) is 50.4 Å². The zero-order valence-corrected chi connectivity index (χ0v) is 10.2. The lowest BCUT2D eigenvalue weighted by Gasteiger charge is -2.11. The number of nitrogens with zero attached hydrogens (tertiary/aromatic N) is 1. The summed E-state index contributed by atoms with van der Waals surface area (Å²) in [6.45, 7) is 7.29. The largest absolute Gasteiger partial charge is 0.328 e. The van der Waals surface area contributed by atoms with Crippen LogP contribution in [0.15, 0.2) is 29.8 Å². The number of allylic oxidation sites excluding steroid dienone is 2. The van der Waals surface area contributed by atoms with E-state index in [1.807, 2.05) is 12.2 Å². The van der Waals surface area contributed by atoms with Crippen molar-refractivity contribution in [3.63, 3.8) is 0 Å². The van der Waals surface area contributed by atoms with Crippen LogP contribution >= 0.6 is 0 Å². The Labute approximate surface area is 98.5 Å². The molecule has 0 saturated heterocycles. The minimum absolute atomic E-state index is 0.394. The second-order valence-electron chi connectivity index (χ2n) is 4.39. The fourth-order valence-electron chi connectivity index (χ4n) is 1.92. The molecule has 3 N–H and O–H groups in total. The summed E-state index contributed by atoms with van der Waals surface area (Å²) < 4.78 is 0. The van der Waals surface area contributed by atoms with Crippen LogP contribution in [0.5, 0.6) is 0 Å². The molecule has 1 aliphatic rings. The van der Waals surface area contributed by atoms with Crippen LogP contribution in [0.3, 0.4) is 0 Å². The average Bonchev–Trinajstić information content (AvgIpc) is 2.68. The molecule has 3 nitrogen and oxygen atoms in total. The van der Waals surface area contributed by atoms with Gasteiger partial charge in [-0.1, -0.05) is 24.8 Å². The zero-order valence-electron chi connectivity index (χ0n) is 10.2. The van der Waals surface area contributed by atoms with Gasteiger partial charge in [-0.25, -0.2) is 0 Å². The highest BCUT2D eigenvalue weighted by molar-refractivity contribution is 5.84. The van der Waals surface area contributed by atoms with Crippen LogP contribution < -0.4 is 11.1 Å². The lowest BCUT2D eigenvalue weighted by atomic mass is 10.2. The quantitative estimate of drug-likeness (QED) is 0.529. The molecule has 90 valence electrons. The monoisotopic (exact) mass is 221 g/mol. The number of hydrogen-bond acceptors (Lipinski definition) is 3. The van der Waals surface area contributed by atoms with Crippen molar-refractivity contribution in [1.29, 1.82) is 0 Å². The zero-order chi connectivity index (χ0) is 11.8. The summed E-state index contributed by atoms with van der Waals surface area (Å²) in [5.41, 5.74) is 7.00. The molecule has 1 saturated carbocycles. The average molecular weight is 221 g/mol. The third-order valence-corrected chi connectivity index (χ3v) is 2.86. The van der Waals surface area contributed by atoms with Gasteiger partial charge in [-0.3, -0.25) is 4.99 Å². The molecule has 3 heteroatoms. The molecule has 1 aliphatic carbocycles. The maximum atomic E-state index is 5.86. The van der Waals surface area contributed by atoms with Crippen LogP contribution in [-0.2, 0) is 0 Å². The summed E-state index contributed by atoms with van der Waals surface area (Å²) in [5.74, 6) is 0. The molecule has 0 bridgehead atoms.